The normalized spacial score (nSPS) is 21.2. The van der Waals surface area contributed by atoms with E-state index in [-0.39, 0.29) is 17.4 Å². The van der Waals surface area contributed by atoms with Crippen molar-refractivity contribution in [2.45, 2.75) is 45.2 Å². The zero-order valence-corrected chi connectivity index (χ0v) is 14.5. The first-order valence-electron chi connectivity index (χ1n) is 8.80. The number of likely N-dealkylation sites (N-methyl/N-ethyl adjacent to an activating group) is 1. The minimum atomic E-state index is -0.302. The standard InChI is InChI=1S/C17H26N4O3/c1-3-20-10-5-14(18-20)16(23)19-9-6-15(22)21(4-2)17(13-19)7-11-24-12-8-17/h5,10H,3-4,6-9,11-13H2,1-2H3. The molecule has 2 saturated heterocycles. The Labute approximate surface area is 142 Å². The molecule has 0 radical (unpaired) electrons. The van der Waals surface area contributed by atoms with E-state index in [0.717, 1.165) is 19.4 Å². The van der Waals surface area contributed by atoms with Gasteiger partial charge < -0.3 is 14.5 Å². The highest BCUT2D eigenvalue weighted by molar-refractivity contribution is 5.93. The highest BCUT2D eigenvalue weighted by Crippen LogP contribution is 2.32. The van der Waals surface area contributed by atoms with Crippen LogP contribution in [-0.2, 0) is 16.1 Å². The van der Waals surface area contributed by atoms with Gasteiger partial charge in [-0.05, 0) is 32.8 Å². The maximum atomic E-state index is 12.9. The Balaban J connectivity index is 1.86. The van der Waals surface area contributed by atoms with Crippen molar-refractivity contribution in [3.05, 3.63) is 18.0 Å². The largest absolute Gasteiger partial charge is 0.381 e. The SMILES string of the molecule is CCN1C(=O)CCN(C(=O)c2ccn(CC)n2)CC12CCOCC2. The molecule has 7 heteroatoms. The first kappa shape index (κ1) is 17.0. The zero-order valence-electron chi connectivity index (χ0n) is 14.5. The smallest absolute Gasteiger partial charge is 0.274 e. The summed E-state index contributed by atoms with van der Waals surface area (Å²) < 4.78 is 7.26. The van der Waals surface area contributed by atoms with Gasteiger partial charge in [0.25, 0.3) is 5.91 Å². The van der Waals surface area contributed by atoms with Gasteiger partial charge >= 0.3 is 0 Å². The van der Waals surface area contributed by atoms with Crippen molar-refractivity contribution in [1.29, 1.82) is 0 Å². The Kier molecular flexibility index (Phi) is 4.89. The number of aryl methyl sites for hydroxylation is 1. The van der Waals surface area contributed by atoms with E-state index in [2.05, 4.69) is 5.10 Å². The van der Waals surface area contributed by atoms with Gasteiger partial charge in [-0.25, -0.2) is 0 Å². The summed E-state index contributed by atoms with van der Waals surface area (Å²) in [7, 11) is 0. The van der Waals surface area contributed by atoms with Crippen LogP contribution in [0.3, 0.4) is 0 Å². The van der Waals surface area contributed by atoms with Crippen LogP contribution in [0.1, 0.15) is 43.6 Å². The number of hydrogen-bond donors (Lipinski definition) is 0. The van der Waals surface area contributed by atoms with E-state index in [1.165, 1.54) is 0 Å². The lowest BCUT2D eigenvalue weighted by Crippen LogP contribution is -2.58. The molecule has 0 aliphatic carbocycles. The first-order chi connectivity index (χ1) is 11.6. The molecule has 1 aromatic rings. The quantitative estimate of drug-likeness (QED) is 0.831. The fourth-order valence-electron chi connectivity index (χ4n) is 3.83. The van der Waals surface area contributed by atoms with Gasteiger partial charge in [0, 0.05) is 52.0 Å². The number of carbonyl (C=O) groups excluding carboxylic acids is 2. The summed E-state index contributed by atoms with van der Waals surface area (Å²) in [6.07, 6.45) is 3.75. The van der Waals surface area contributed by atoms with Crippen molar-refractivity contribution in [3.63, 3.8) is 0 Å². The number of hydrogen-bond acceptors (Lipinski definition) is 4. The number of carbonyl (C=O) groups is 2. The Bertz CT molecular complexity index is 607. The third-order valence-corrected chi connectivity index (χ3v) is 5.17. The van der Waals surface area contributed by atoms with Gasteiger partial charge in [-0.2, -0.15) is 5.10 Å². The van der Waals surface area contributed by atoms with E-state index in [1.807, 2.05) is 24.9 Å². The number of ether oxygens (including phenoxy) is 1. The predicted molar refractivity (Wildman–Crippen MR) is 88.6 cm³/mol. The van der Waals surface area contributed by atoms with Crippen LogP contribution < -0.4 is 0 Å². The third kappa shape index (κ3) is 3.05. The fraction of sp³-hybridized carbons (Fsp3) is 0.706. The van der Waals surface area contributed by atoms with Crippen LogP contribution in [0.4, 0.5) is 0 Å². The molecular weight excluding hydrogens is 308 g/mol. The number of aromatic nitrogens is 2. The zero-order chi connectivity index (χ0) is 17.2. The van der Waals surface area contributed by atoms with Crippen LogP contribution in [-0.4, -0.2) is 69.8 Å². The minimum absolute atomic E-state index is 0.0844. The van der Waals surface area contributed by atoms with Crippen LogP contribution in [0.25, 0.3) is 0 Å². The van der Waals surface area contributed by atoms with E-state index < -0.39 is 0 Å². The van der Waals surface area contributed by atoms with Gasteiger partial charge in [0.15, 0.2) is 0 Å². The molecule has 0 atom stereocenters. The molecule has 3 heterocycles. The van der Waals surface area contributed by atoms with Crippen molar-refractivity contribution in [3.8, 4) is 0 Å². The Morgan fingerprint density at radius 3 is 2.67 bits per heavy atom. The summed E-state index contributed by atoms with van der Waals surface area (Å²) in [4.78, 5) is 29.3. The van der Waals surface area contributed by atoms with Gasteiger partial charge in [-0.15, -0.1) is 0 Å². The van der Waals surface area contributed by atoms with E-state index in [4.69, 9.17) is 4.74 Å². The van der Waals surface area contributed by atoms with Crippen molar-refractivity contribution in [2.75, 3.05) is 32.8 Å². The molecule has 24 heavy (non-hydrogen) atoms. The second-order valence-electron chi connectivity index (χ2n) is 6.51. The van der Waals surface area contributed by atoms with Crippen LogP contribution in [0.2, 0.25) is 0 Å². The Morgan fingerprint density at radius 2 is 2.04 bits per heavy atom. The van der Waals surface area contributed by atoms with E-state index >= 15 is 0 Å². The van der Waals surface area contributed by atoms with Crippen LogP contribution >= 0.6 is 0 Å². The highest BCUT2D eigenvalue weighted by Gasteiger charge is 2.44. The van der Waals surface area contributed by atoms with E-state index in [1.54, 1.807) is 15.6 Å². The average Bonchev–Trinajstić information content (AvgIpc) is 3.03. The molecule has 1 aromatic heterocycles. The summed E-state index contributed by atoms with van der Waals surface area (Å²) in [6, 6.07) is 1.76. The Hall–Kier alpha value is -1.89. The highest BCUT2D eigenvalue weighted by atomic mass is 16.5. The Morgan fingerprint density at radius 1 is 1.29 bits per heavy atom. The molecule has 2 aliphatic heterocycles. The number of nitrogens with zero attached hydrogens (tertiary/aromatic N) is 4. The average molecular weight is 334 g/mol. The molecule has 2 fully saturated rings. The maximum absolute atomic E-state index is 12.9. The lowest BCUT2D eigenvalue weighted by Gasteiger charge is -2.46. The minimum Gasteiger partial charge on any atom is -0.381 e. The van der Waals surface area contributed by atoms with Gasteiger partial charge in [0.05, 0.1) is 5.54 Å². The van der Waals surface area contributed by atoms with E-state index in [9.17, 15) is 9.59 Å². The molecule has 1 spiro atoms. The molecule has 7 nitrogen and oxygen atoms in total. The van der Waals surface area contributed by atoms with Crippen molar-refractivity contribution < 1.29 is 14.3 Å². The summed E-state index contributed by atoms with van der Waals surface area (Å²) in [6.45, 7) is 7.69. The van der Waals surface area contributed by atoms with Gasteiger partial charge in [0.2, 0.25) is 5.91 Å². The molecule has 2 aliphatic rings. The monoisotopic (exact) mass is 334 g/mol. The lowest BCUT2D eigenvalue weighted by atomic mass is 9.87. The second kappa shape index (κ2) is 6.93. The molecule has 0 aromatic carbocycles. The first-order valence-corrected chi connectivity index (χ1v) is 8.80. The molecule has 0 unspecified atom stereocenters. The molecule has 0 saturated carbocycles. The van der Waals surface area contributed by atoms with E-state index in [0.29, 0.717) is 45.0 Å². The van der Waals surface area contributed by atoms with Gasteiger partial charge in [-0.3, -0.25) is 14.3 Å². The number of amides is 2. The molecule has 132 valence electrons. The summed E-state index contributed by atoms with van der Waals surface area (Å²) in [5.74, 6) is 0.0487. The molecular formula is C17H26N4O3. The van der Waals surface area contributed by atoms with Gasteiger partial charge in [0.1, 0.15) is 5.69 Å². The fourth-order valence-corrected chi connectivity index (χ4v) is 3.83. The van der Waals surface area contributed by atoms with Gasteiger partial charge in [-0.1, -0.05) is 0 Å². The lowest BCUT2D eigenvalue weighted by molar-refractivity contribution is -0.139. The van der Waals surface area contributed by atoms with Crippen molar-refractivity contribution in [1.82, 2.24) is 19.6 Å². The van der Waals surface area contributed by atoms with Crippen LogP contribution in [0.15, 0.2) is 12.3 Å². The van der Waals surface area contributed by atoms with Crippen molar-refractivity contribution in [2.24, 2.45) is 0 Å². The van der Waals surface area contributed by atoms with Crippen molar-refractivity contribution >= 4 is 11.8 Å². The summed E-state index contributed by atoms with van der Waals surface area (Å²) in [5.41, 5.74) is 0.153. The molecule has 3 rings (SSSR count). The predicted octanol–water partition coefficient (Wildman–Crippen LogP) is 1.15. The topological polar surface area (TPSA) is 67.7 Å². The second-order valence-corrected chi connectivity index (χ2v) is 6.51. The van der Waals surface area contributed by atoms with Crippen LogP contribution in [0, 0.1) is 0 Å². The maximum Gasteiger partial charge on any atom is 0.274 e. The number of rotatable bonds is 3. The summed E-state index contributed by atoms with van der Waals surface area (Å²) in [5, 5.41) is 4.33. The molecule has 0 bridgehead atoms. The third-order valence-electron chi connectivity index (χ3n) is 5.17. The van der Waals surface area contributed by atoms with Crippen LogP contribution in [0.5, 0.6) is 0 Å². The molecule has 0 N–H and O–H groups in total. The molecule has 2 amide bonds. The summed E-state index contributed by atoms with van der Waals surface area (Å²) >= 11 is 0.